The van der Waals surface area contributed by atoms with Gasteiger partial charge >= 0.3 is 0 Å². The molecule has 0 radical (unpaired) electrons. The molecule has 0 aliphatic carbocycles. The first-order valence-electron chi connectivity index (χ1n) is 4.34. The van der Waals surface area contributed by atoms with E-state index in [2.05, 4.69) is 5.32 Å². The highest BCUT2D eigenvalue weighted by Crippen LogP contribution is 2.38. The number of benzene rings is 1. The Bertz CT molecular complexity index is 428. The monoisotopic (exact) mass is 207 g/mol. The zero-order valence-corrected chi connectivity index (χ0v) is 8.07. The molecular weight excluding hydrogens is 198 g/mol. The second-order valence-electron chi connectivity index (χ2n) is 3.05. The normalized spacial score (nSPS) is 13.5. The third kappa shape index (κ3) is 1.63. The Balaban J connectivity index is 2.53. The van der Waals surface area contributed by atoms with Crippen LogP contribution >= 0.6 is 0 Å². The molecule has 2 rings (SSSR count). The zero-order valence-electron chi connectivity index (χ0n) is 8.07. The number of nitrogens with one attached hydrogen (secondary N) is 1. The molecule has 0 spiro atoms. The molecule has 1 aromatic carbocycles. The fourth-order valence-corrected chi connectivity index (χ4v) is 1.41. The fraction of sp³-hybridized carbons (Fsp3) is 0.200. The van der Waals surface area contributed by atoms with Crippen LogP contribution in [0.3, 0.4) is 0 Å². The molecule has 5 heteroatoms. The van der Waals surface area contributed by atoms with Crippen molar-refractivity contribution >= 4 is 17.9 Å². The van der Waals surface area contributed by atoms with Gasteiger partial charge in [0.1, 0.15) is 6.29 Å². The molecule has 1 heterocycles. The van der Waals surface area contributed by atoms with E-state index in [4.69, 9.17) is 9.47 Å². The zero-order chi connectivity index (χ0) is 10.8. The highest BCUT2D eigenvalue weighted by molar-refractivity contribution is 5.97. The summed E-state index contributed by atoms with van der Waals surface area (Å²) >= 11 is 0. The highest BCUT2D eigenvalue weighted by atomic mass is 16.5. The quantitative estimate of drug-likeness (QED) is 0.730. The van der Waals surface area contributed by atoms with E-state index >= 15 is 0 Å². The van der Waals surface area contributed by atoms with Gasteiger partial charge in [-0.2, -0.15) is 0 Å². The lowest BCUT2D eigenvalue weighted by atomic mass is 10.1. The Morgan fingerprint density at radius 3 is 3.00 bits per heavy atom. The van der Waals surface area contributed by atoms with E-state index in [0.29, 0.717) is 29.0 Å². The summed E-state index contributed by atoms with van der Waals surface area (Å²) in [6, 6.07) is 3.10. The van der Waals surface area contributed by atoms with Crippen LogP contribution in [0.5, 0.6) is 11.5 Å². The van der Waals surface area contributed by atoms with Crippen LogP contribution in [0.25, 0.3) is 0 Å². The number of fused-ring (bicyclic) bond motifs is 1. The van der Waals surface area contributed by atoms with Gasteiger partial charge in [-0.25, -0.2) is 0 Å². The Kier molecular flexibility index (Phi) is 2.29. The predicted molar refractivity (Wildman–Crippen MR) is 52.5 cm³/mol. The number of hydrogen-bond donors (Lipinski definition) is 1. The molecule has 78 valence electrons. The summed E-state index contributed by atoms with van der Waals surface area (Å²) in [5.74, 6) is 0.657. The number of rotatable bonds is 2. The Labute approximate surface area is 86.0 Å². The molecule has 1 aliphatic heterocycles. The minimum Gasteiger partial charge on any atom is -0.493 e. The molecule has 0 saturated carbocycles. The molecule has 1 aromatic rings. The molecule has 15 heavy (non-hydrogen) atoms. The van der Waals surface area contributed by atoms with Crippen molar-refractivity contribution < 1.29 is 19.1 Å². The van der Waals surface area contributed by atoms with E-state index < -0.39 is 0 Å². The van der Waals surface area contributed by atoms with E-state index in [1.807, 2.05) is 0 Å². The standard InChI is InChI=1S/C10H9NO4/c1-14-8-3-6(4-12)2-7-10(8)15-5-9(13)11-7/h2-4H,5H2,1H3,(H,11,13). The lowest BCUT2D eigenvalue weighted by molar-refractivity contribution is -0.118. The maximum Gasteiger partial charge on any atom is 0.262 e. The van der Waals surface area contributed by atoms with Crippen LogP contribution in [0.15, 0.2) is 12.1 Å². The van der Waals surface area contributed by atoms with Gasteiger partial charge in [0.25, 0.3) is 5.91 Å². The minimum absolute atomic E-state index is 0.0379. The van der Waals surface area contributed by atoms with E-state index in [-0.39, 0.29) is 12.5 Å². The topological polar surface area (TPSA) is 64.6 Å². The molecular formula is C10H9NO4. The van der Waals surface area contributed by atoms with Gasteiger partial charge in [0, 0.05) is 5.56 Å². The van der Waals surface area contributed by atoms with Crippen LogP contribution in [0.1, 0.15) is 10.4 Å². The number of ether oxygens (including phenoxy) is 2. The number of amides is 1. The van der Waals surface area contributed by atoms with Crippen LogP contribution in [0.4, 0.5) is 5.69 Å². The Morgan fingerprint density at radius 1 is 1.53 bits per heavy atom. The average molecular weight is 207 g/mol. The van der Waals surface area contributed by atoms with Gasteiger partial charge in [-0.05, 0) is 12.1 Å². The Morgan fingerprint density at radius 2 is 2.33 bits per heavy atom. The SMILES string of the molecule is COc1cc(C=O)cc2c1OCC(=O)N2. The summed E-state index contributed by atoms with van der Waals surface area (Å²) < 4.78 is 10.3. The summed E-state index contributed by atoms with van der Waals surface area (Å²) in [5, 5.41) is 2.61. The van der Waals surface area contributed by atoms with Crippen molar-refractivity contribution in [2.24, 2.45) is 0 Å². The van der Waals surface area contributed by atoms with Gasteiger partial charge in [0.15, 0.2) is 18.1 Å². The molecule has 1 amide bonds. The maximum atomic E-state index is 11.1. The molecule has 0 aromatic heterocycles. The molecule has 0 unspecified atom stereocenters. The molecule has 0 saturated heterocycles. The van der Waals surface area contributed by atoms with Gasteiger partial charge in [-0.15, -0.1) is 0 Å². The molecule has 0 fully saturated rings. The number of methoxy groups -OCH3 is 1. The minimum atomic E-state index is -0.243. The first kappa shape index (κ1) is 9.51. The summed E-state index contributed by atoms with van der Waals surface area (Å²) in [6.45, 7) is -0.0379. The molecule has 0 bridgehead atoms. The van der Waals surface area contributed by atoms with Crippen molar-refractivity contribution in [3.8, 4) is 11.5 Å². The van der Waals surface area contributed by atoms with Crippen LogP contribution in [0, 0.1) is 0 Å². The maximum absolute atomic E-state index is 11.1. The smallest absolute Gasteiger partial charge is 0.262 e. The van der Waals surface area contributed by atoms with Crippen LogP contribution in [-0.2, 0) is 4.79 Å². The summed E-state index contributed by atoms with van der Waals surface area (Å²) in [7, 11) is 1.48. The number of anilines is 1. The summed E-state index contributed by atoms with van der Waals surface area (Å²) in [5.41, 5.74) is 0.893. The average Bonchev–Trinajstić information content (AvgIpc) is 2.26. The van der Waals surface area contributed by atoms with Crippen molar-refractivity contribution in [3.63, 3.8) is 0 Å². The van der Waals surface area contributed by atoms with Gasteiger partial charge < -0.3 is 14.8 Å². The molecule has 1 aliphatic rings. The third-order valence-electron chi connectivity index (χ3n) is 2.05. The summed E-state index contributed by atoms with van der Waals surface area (Å²) in [6.07, 6.45) is 0.684. The van der Waals surface area contributed by atoms with Gasteiger partial charge in [-0.3, -0.25) is 9.59 Å². The number of carbonyl (C=O) groups excluding carboxylic acids is 2. The molecule has 1 N–H and O–H groups in total. The van der Waals surface area contributed by atoms with Gasteiger partial charge in [-0.1, -0.05) is 0 Å². The van der Waals surface area contributed by atoms with E-state index in [0.717, 1.165) is 0 Å². The molecule has 5 nitrogen and oxygen atoms in total. The second-order valence-corrected chi connectivity index (χ2v) is 3.05. The predicted octanol–water partition coefficient (Wildman–Crippen LogP) is 0.839. The largest absolute Gasteiger partial charge is 0.493 e. The summed E-state index contributed by atoms with van der Waals surface area (Å²) in [4.78, 5) is 21.7. The number of aldehydes is 1. The van der Waals surface area contributed by atoms with E-state index in [1.54, 1.807) is 12.1 Å². The number of hydrogen-bond acceptors (Lipinski definition) is 4. The van der Waals surface area contributed by atoms with Crippen molar-refractivity contribution in [1.82, 2.24) is 0 Å². The van der Waals surface area contributed by atoms with Crippen LogP contribution in [-0.4, -0.2) is 25.9 Å². The van der Waals surface area contributed by atoms with Crippen LogP contribution in [0.2, 0.25) is 0 Å². The van der Waals surface area contributed by atoms with E-state index in [9.17, 15) is 9.59 Å². The van der Waals surface area contributed by atoms with Gasteiger partial charge in [0.2, 0.25) is 0 Å². The third-order valence-corrected chi connectivity index (χ3v) is 2.05. The van der Waals surface area contributed by atoms with Crippen LogP contribution < -0.4 is 14.8 Å². The Hall–Kier alpha value is -2.04. The molecule has 0 atom stereocenters. The first-order valence-corrected chi connectivity index (χ1v) is 4.34. The van der Waals surface area contributed by atoms with Crippen molar-refractivity contribution in [2.75, 3.05) is 19.0 Å². The lowest BCUT2D eigenvalue weighted by Gasteiger charge is -2.20. The van der Waals surface area contributed by atoms with E-state index in [1.165, 1.54) is 7.11 Å². The lowest BCUT2D eigenvalue weighted by Crippen LogP contribution is -2.25. The fourth-order valence-electron chi connectivity index (χ4n) is 1.41. The van der Waals surface area contributed by atoms with Crippen molar-refractivity contribution in [3.05, 3.63) is 17.7 Å². The highest BCUT2D eigenvalue weighted by Gasteiger charge is 2.20. The van der Waals surface area contributed by atoms with Gasteiger partial charge in [0.05, 0.1) is 12.8 Å². The number of carbonyl (C=O) groups is 2. The van der Waals surface area contributed by atoms with Crippen molar-refractivity contribution in [2.45, 2.75) is 0 Å². The first-order chi connectivity index (χ1) is 7.24. The second kappa shape index (κ2) is 3.61. The van der Waals surface area contributed by atoms with Crippen molar-refractivity contribution in [1.29, 1.82) is 0 Å².